The number of nitrogens with zero attached hydrogens (tertiary/aromatic N) is 1. The van der Waals surface area contributed by atoms with E-state index in [1.807, 2.05) is 12.5 Å². The summed E-state index contributed by atoms with van der Waals surface area (Å²) in [5, 5.41) is 3.74. The van der Waals surface area contributed by atoms with Crippen molar-refractivity contribution in [2.75, 3.05) is 0 Å². The van der Waals surface area contributed by atoms with Crippen LogP contribution < -0.4 is 0 Å². The monoisotopic (exact) mass is 395 g/mol. The Labute approximate surface area is 178 Å². The SMILES string of the molecule is c1cc2cc(C3CCCCC3)ccc2c(-c2cc(C3CCCC3)cc3ccoc23)n1. The number of rotatable bonds is 3. The van der Waals surface area contributed by atoms with Crippen LogP contribution in [0.3, 0.4) is 0 Å². The fourth-order valence-corrected chi connectivity index (χ4v) is 5.88. The van der Waals surface area contributed by atoms with Crippen LogP contribution in [-0.4, -0.2) is 4.98 Å². The average Bonchev–Trinajstić information content (AvgIpc) is 3.50. The highest BCUT2D eigenvalue weighted by Gasteiger charge is 2.21. The first-order valence-electron chi connectivity index (χ1n) is 11.8. The lowest BCUT2D eigenvalue weighted by molar-refractivity contribution is 0.444. The van der Waals surface area contributed by atoms with E-state index in [4.69, 9.17) is 9.40 Å². The number of benzene rings is 2. The Kier molecular flexibility index (Phi) is 4.59. The van der Waals surface area contributed by atoms with Crippen molar-refractivity contribution < 1.29 is 4.42 Å². The van der Waals surface area contributed by atoms with E-state index in [-0.39, 0.29) is 0 Å². The minimum atomic E-state index is 0.677. The van der Waals surface area contributed by atoms with Crippen molar-refractivity contribution in [3.8, 4) is 11.3 Å². The molecule has 6 rings (SSSR count). The highest BCUT2D eigenvalue weighted by atomic mass is 16.3. The molecule has 0 spiro atoms. The van der Waals surface area contributed by atoms with Gasteiger partial charge in [-0.05, 0) is 78.3 Å². The summed E-state index contributed by atoms with van der Waals surface area (Å²) in [6.07, 6.45) is 15.9. The molecule has 2 heteroatoms. The third-order valence-electron chi connectivity index (χ3n) is 7.52. The van der Waals surface area contributed by atoms with Crippen LogP contribution in [0.1, 0.15) is 80.8 Å². The second kappa shape index (κ2) is 7.58. The lowest BCUT2D eigenvalue weighted by Crippen LogP contribution is -2.04. The van der Waals surface area contributed by atoms with Crippen molar-refractivity contribution in [3.05, 3.63) is 66.1 Å². The maximum atomic E-state index is 5.95. The second-order valence-electron chi connectivity index (χ2n) is 9.36. The third kappa shape index (κ3) is 3.14. The molecule has 0 saturated heterocycles. The first-order chi connectivity index (χ1) is 14.9. The summed E-state index contributed by atoms with van der Waals surface area (Å²) in [5.41, 5.74) is 6.13. The summed E-state index contributed by atoms with van der Waals surface area (Å²) in [5.74, 6) is 1.40. The van der Waals surface area contributed by atoms with Gasteiger partial charge in [-0.2, -0.15) is 0 Å². The Hall–Kier alpha value is -2.61. The quantitative estimate of drug-likeness (QED) is 0.348. The molecule has 2 aromatic heterocycles. The zero-order valence-electron chi connectivity index (χ0n) is 17.6. The van der Waals surface area contributed by atoms with Crippen LogP contribution in [0.4, 0.5) is 0 Å². The van der Waals surface area contributed by atoms with Crippen LogP contribution in [0.15, 0.2) is 59.3 Å². The van der Waals surface area contributed by atoms with Crippen LogP contribution in [0.5, 0.6) is 0 Å². The molecule has 0 amide bonds. The fourth-order valence-electron chi connectivity index (χ4n) is 5.88. The van der Waals surface area contributed by atoms with Gasteiger partial charge in [-0.15, -0.1) is 0 Å². The van der Waals surface area contributed by atoms with Gasteiger partial charge in [0.15, 0.2) is 0 Å². The number of furan rings is 1. The highest BCUT2D eigenvalue weighted by Crippen LogP contribution is 2.41. The third-order valence-corrected chi connectivity index (χ3v) is 7.52. The van der Waals surface area contributed by atoms with Crippen LogP contribution in [0.2, 0.25) is 0 Å². The van der Waals surface area contributed by atoms with Gasteiger partial charge in [0.1, 0.15) is 5.58 Å². The molecule has 0 radical (unpaired) electrons. The molecule has 0 unspecified atom stereocenters. The number of hydrogen-bond acceptors (Lipinski definition) is 2. The molecule has 30 heavy (non-hydrogen) atoms. The minimum absolute atomic E-state index is 0.677. The molecule has 0 aliphatic heterocycles. The van der Waals surface area contributed by atoms with E-state index < -0.39 is 0 Å². The van der Waals surface area contributed by atoms with Crippen LogP contribution in [0.25, 0.3) is 33.0 Å². The maximum Gasteiger partial charge on any atom is 0.143 e. The smallest absolute Gasteiger partial charge is 0.143 e. The van der Waals surface area contributed by atoms with Crippen molar-refractivity contribution >= 4 is 21.7 Å². The Morgan fingerprint density at radius 2 is 1.43 bits per heavy atom. The molecule has 4 aromatic rings. The molecule has 0 N–H and O–H groups in total. The maximum absolute atomic E-state index is 5.95. The summed E-state index contributed by atoms with van der Waals surface area (Å²) in [6.45, 7) is 0. The lowest BCUT2D eigenvalue weighted by Gasteiger charge is -2.22. The van der Waals surface area contributed by atoms with Gasteiger partial charge >= 0.3 is 0 Å². The molecule has 2 aromatic carbocycles. The number of pyridine rings is 1. The van der Waals surface area contributed by atoms with Gasteiger partial charge in [0.2, 0.25) is 0 Å². The van der Waals surface area contributed by atoms with Gasteiger partial charge in [0.05, 0.1) is 12.0 Å². The summed E-state index contributed by atoms with van der Waals surface area (Å²) >= 11 is 0. The van der Waals surface area contributed by atoms with Gasteiger partial charge in [0.25, 0.3) is 0 Å². The summed E-state index contributed by atoms with van der Waals surface area (Å²) in [6, 6.07) is 16.0. The molecule has 2 aliphatic rings. The predicted molar refractivity (Wildman–Crippen MR) is 124 cm³/mol. The summed E-state index contributed by atoms with van der Waals surface area (Å²) in [7, 11) is 0. The van der Waals surface area contributed by atoms with Crippen molar-refractivity contribution in [2.45, 2.75) is 69.6 Å². The van der Waals surface area contributed by atoms with Crippen LogP contribution >= 0.6 is 0 Å². The molecule has 2 nitrogen and oxygen atoms in total. The van der Waals surface area contributed by atoms with E-state index in [1.54, 1.807) is 0 Å². The molecule has 2 saturated carbocycles. The molecule has 2 aliphatic carbocycles. The second-order valence-corrected chi connectivity index (χ2v) is 9.36. The molecule has 2 heterocycles. The molecular formula is C28H29NO. The molecule has 0 bridgehead atoms. The minimum Gasteiger partial charge on any atom is -0.464 e. The van der Waals surface area contributed by atoms with Crippen molar-refractivity contribution in [1.29, 1.82) is 0 Å². The van der Waals surface area contributed by atoms with E-state index in [0.717, 1.165) is 22.8 Å². The molecule has 0 atom stereocenters. The zero-order valence-corrected chi connectivity index (χ0v) is 17.6. The normalized spacial score (nSPS) is 18.5. The first-order valence-corrected chi connectivity index (χ1v) is 11.8. The van der Waals surface area contributed by atoms with Gasteiger partial charge in [-0.1, -0.05) is 50.3 Å². The van der Waals surface area contributed by atoms with Crippen molar-refractivity contribution in [2.24, 2.45) is 0 Å². The molecule has 152 valence electrons. The molecular weight excluding hydrogens is 366 g/mol. The van der Waals surface area contributed by atoms with Crippen LogP contribution in [-0.2, 0) is 0 Å². The van der Waals surface area contributed by atoms with E-state index in [0.29, 0.717) is 5.92 Å². The fraction of sp³-hybridized carbons (Fsp3) is 0.393. The summed E-state index contributed by atoms with van der Waals surface area (Å²) < 4.78 is 5.95. The van der Waals surface area contributed by atoms with Gasteiger partial charge < -0.3 is 4.42 Å². The molecule has 2 fully saturated rings. The number of hydrogen-bond donors (Lipinski definition) is 0. The largest absolute Gasteiger partial charge is 0.464 e. The van der Waals surface area contributed by atoms with E-state index >= 15 is 0 Å². The Balaban J connectivity index is 1.49. The average molecular weight is 396 g/mol. The number of fused-ring (bicyclic) bond motifs is 2. The van der Waals surface area contributed by atoms with Gasteiger partial charge in [-0.3, -0.25) is 4.98 Å². The van der Waals surface area contributed by atoms with Crippen molar-refractivity contribution in [3.63, 3.8) is 0 Å². The van der Waals surface area contributed by atoms with E-state index in [1.165, 1.54) is 85.1 Å². The predicted octanol–water partition coefficient (Wildman–Crippen LogP) is 8.35. The standard InChI is InChI=1S/C28H29NO/c1-2-6-19(7-3-1)21-10-11-25-22(16-21)12-14-29-27(25)26-18-24(20-8-4-5-9-20)17-23-13-15-30-28(23)26/h10-20H,1-9H2. The van der Waals surface area contributed by atoms with Crippen molar-refractivity contribution in [1.82, 2.24) is 4.98 Å². The topological polar surface area (TPSA) is 26.0 Å². The van der Waals surface area contributed by atoms with E-state index in [2.05, 4.69) is 42.5 Å². The Morgan fingerprint density at radius 1 is 0.700 bits per heavy atom. The number of aromatic nitrogens is 1. The highest BCUT2D eigenvalue weighted by molar-refractivity contribution is 6.02. The zero-order chi connectivity index (χ0) is 19.9. The van der Waals surface area contributed by atoms with Gasteiger partial charge in [-0.25, -0.2) is 0 Å². The van der Waals surface area contributed by atoms with Gasteiger partial charge in [0, 0.05) is 22.5 Å². The Bertz CT molecular complexity index is 1190. The first kappa shape index (κ1) is 18.2. The lowest BCUT2D eigenvalue weighted by atomic mass is 9.83. The Morgan fingerprint density at radius 3 is 2.27 bits per heavy atom. The van der Waals surface area contributed by atoms with Crippen LogP contribution in [0, 0.1) is 0 Å². The van der Waals surface area contributed by atoms with E-state index in [9.17, 15) is 0 Å². The summed E-state index contributed by atoms with van der Waals surface area (Å²) in [4.78, 5) is 4.86.